The highest BCUT2D eigenvalue weighted by Crippen LogP contribution is 2.16. The molecule has 0 saturated heterocycles. The molecule has 0 spiro atoms. The molecule has 1 N–H and O–H groups in total. The van der Waals surface area contributed by atoms with Crippen LogP contribution in [0.5, 0.6) is 5.75 Å². The quantitative estimate of drug-likeness (QED) is 0.473. The Bertz CT molecular complexity index is 1170. The summed E-state index contributed by atoms with van der Waals surface area (Å²) in [6, 6.07) is 7.68. The van der Waals surface area contributed by atoms with E-state index in [2.05, 4.69) is 26.7 Å². The van der Waals surface area contributed by atoms with Crippen molar-refractivity contribution in [2.24, 2.45) is 0 Å². The molecule has 0 aliphatic heterocycles. The molecule has 0 unspecified atom stereocenters. The first-order chi connectivity index (χ1) is 15.0. The van der Waals surface area contributed by atoms with E-state index in [-0.39, 0.29) is 12.6 Å². The van der Waals surface area contributed by atoms with Crippen molar-refractivity contribution in [1.82, 2.24) is 29.3 Å². The third-order valence-corrected chi connectivity index (χ3v) is 4.68. The highest BCUT2D eigenvalue weighted by molar-refractivity contribution is 6.02. The molecule has 0 saturated carbocycles. The van der Waals surface area contributed by atoms with Crippen LogP contribution < -0.4 is 10.1 Å². The minimum absolute atomic E-state index is 0.222. The largest absolute Gasteiger partial charge is 0.471 e. The van der Waals surface area contributed by atoms with Gasteiger partial charge in [0.25, 0.3) is 5.91 Å². The topological polar surface area (TPSA) is 91.8 Å². The second-order valence-electron chi connectivity index (χ2n) is 7.42. The Labute approximate surface area is 180 Å². The molecule has 0 fully saturated rings. The smallest absolute Gasteiger partial charge is 0.276 e. The van der Waals surface area contributed by atoms with Gasteiger partial charge in [-0.3, -0.25) is 14.2 Å². The van der Waals surface area contributed by atoms with Crippen molar-refractivity contribution in [3.63, 3.8) is 0 Å². The van der Waals surface area contributed by atoms with Gasteiger partial charge in [0.15, 0.2) is 12.4 Å². The molecule has 0 aliphatic carbocycles. The Kier molecular flexibility index (Phi) is 5.83. The van der Waals surface area contributed by atoms with Gasteiger partial charge in [-0.25, -0.2) is 4.68 Å². The lowest BCUT2D eigenvalue weighted by Crippen LogP contribution is -2.14. The number of aryl methyl sites for hydroxylation is 3. The first-order valence-corrected chi connectivity index (χ1v) is 10.1. The maximum absolute atomic E-state index is 12.5. The molecule has 160 valence electrons. The molecule has 3 aromatic heterocycles. The molecule has 9 heteroatoms. The number of ether oxygens (including phenoxy) is 1. The van der Waals surface area contributed by atoms with Crippen LogP contribution in [-0.4, -0.2) is 35.2 Å². The average Bonchev–Trinajstić information content (AvgIpc) is 3.47. The fourth-order valence-electron chi connectivity index (χ4n) is 3.27. The molecule has 4 aromatic rings. The number of carbonyl (C=O) groups is 1. The normalized spacial score (nSPS) is 10.9. The van der Waals surface area contributed by atoms with Crippen molar-refractivity contribution in [3.05, 3.63) is 77.6 Å². The second-order valence-corrected chi connectivity index (χ2v) is 7.42. The minimum Gasteiger partial charge on any atom is -0.471 e. The van der Waals surface area contributed by atoms with E-state index in [0.717, 1.165) is 29.0 Å². The monoisotopic (exact) mass is 419 g/mol. The van der Waals surface area contributed by atoms with E-state index in [1.807, 2.05) is 50.0 Å². The highest BCUT2D eigenvalue weighted by Gasteiger charge is 2.12. The number of nitrogens with zero attached hydrogens (tertiary/aromatic N) is 6. The summed E-state index contributed by atoms with van der Waals surface area (Å²) >= 11 is 0. The van der Waals surface area contributed by atoms with Gasteiger partial charge in [-0.15, -0.1) is 0 Å². The first-order valence-electron chi connectivity index (χ1n) is 10.1. The summed E-state index contributed by atoms with van der Waals surface area (Å²) in [6.45, 7) is 7.71. The number of aromatic nitrogens is 6. The number of hydrogen-bond acceptors (Lipinski definition) is 5. The Balaban J connectivity index is 1.33. The zero-order valence-corrected chi connectivity index (χ0v) is 17.8. The highest BCUT2D eigenvalue weighted by atomic mass is 16.5. The molecule has 0 atom stereocenters. The summed E-state index contributed by atoms with van der Waals surface area (Å²) in [5.41, 5.74) is 4.23. The summed E-state index contributed by atoms with van der Waals surface area (Å²) < 4.78 is 11.0. The van der Waals surface area contributed by atoms with Crippen molar-refractivity contribution < 1.29 is 9.53 Å². The molecule has 1 amide bonds. The van der Waals surface area contributed by atoms with Gasteiger partial charge in [0.2, 0.25) is 0 Å². The summed E-state index contributed by atoms with van der Waals surface area (Å²) in [5, 5.41) is 15.7. The maximum Gasteiger partial charge on any atom is 0.276 e. The number of nitrogens with one attached hydrogen (secondary N) is 1. The lowest BCUT2D eigenvalue weighted by molar-refractivity contribution is 0.102. The van der Waals surface area contributed by atoms with Crippen LogP contribution in [0.4, 0.5) is 5.69 Å². The summed E-state index contributed by atoms with van der Waals surface area (Å²) in [4.78, 5) is 12.5. The molecule has 1 aromatic carbocycles. The van der Waals surface area contributed by atoms with Gasteiger partial charge >= 0.3 is 0 Å². The van der Waals surface area contributed by atoms with Crippen LogP contribution in [0.25, 0.3) is 0 Å². The Morgan fingerprint density at radius 2 is 1.81 bits per heavy atom. The Hall–Kier alpha value is -3.88. The maximum atomic E-state index is 12.5. The number of benzene rings is 1. The van der Waals surface area contributed by atoms with E-state index in [1.54, 1.807) is 34.0 Å². The molecule has 0 bridgehead atoms. The van der Waals surface area contributed by atoms with Gasteiger partial charge in [-0.05, 0) is 50.1 Å². The van der Waals surface area contributed by atoms with E-state index < -0.39 is 0 Å². The molecule has 0 radical (unpaired) electrons. The van der Waals surface area contributed by atoms with Gasteiger partial charge in [0.1, 0.15) is 5.75 Å². The van der Waals surface area contributed by atoms with Gasteiger partial charge in [0, 0.05) is 30.7 Å². The molecule has 9 nitrogen and oxygen atoms in total. The van der Waals surface area contributed by atoms with Crippen LogP contribution in [0.3, 0.4) is 0 Å². The summed E-state index contributed by atoms with van der Waals surface area (Å²) in [7, 11) is 0. The number of hydrogen-bond donors (Lipinski definition) is 1. The van der Waals surface area contributed by atoms with Gasteiger partial charge in [0.05, 0.1) is 24.6 Å². The third-order valence-electron chi connectivity index (χ3n) is 4.68. The Morgan fingerprint density at radius 1 is 1.03 bits per heavy atom. The van der Waals surface area contributed by atoms with E-state index in [1.165, 1.54) is 0 Å². The van der Waals surface area contributed by atoms with E-state index >= 15 is 0 Å². The van der Waals surface area contributed by atoms with E-state index in [4.69, 9.17) is 4.74 Å². The molecular formula is C22H25N7O2. The van der Waals surface area contributed by atoms with Gasteiger partial charge in [-0.1, -0.05) is 6.07 Å². The van der Waals surface area contributed by atoms with Crippen molar-refractivity contribution in [2.45, 2.75) is 40.6 Å². The fraction of sp³-hybridized carbons (Fsp3) is 0.273. The van der Waals surface area contributed by atoms with Crippen LogP contribution in [0.1, 0.15) is 34.1 Å². The molecule has 4 rings (SSSR count). The third kappa shape index (κ3) is 5.19. The Morgan fingerprint density at radius 3 is 2.55 bits per heavy atom. The molecular weight excluding hydrogens is 394 g/mol. The first kappa shape index (κ1) is 20.4. The van der Waals surface area contributed by atoms with Crippen LogP contribution in [-0.2, 0) is 19.8 Å². The van der Waals surface area contributed by atoms with Crippen LogP contribution >= 0.6 is 0 Å². The van der Waals surface area contributed by atoms with Crippen molar-refractivity contribution in [1.29, 1.82) is 0 Å². The lowest BCUT2D eigenvalue weighted by Gasteiger charge is -2.08. The molecule has 3 heterocycles. The van der Waals surface area contributed by atoms with Crippen LogP contribution in [0.2, 0.25) is 0 Å². The standard InChI is InChI=1S/C22H25N7O2/c1-4-27-12-18(10-23-27)13-29-14-19(11-24-29)25-22(30)21-5-6-28(26-21)15-31-20-8-16(2)7-17(3)9-20/h5-12,14H,4,13,15H2,1-3H3,(H,25,30). The van der Waals surface area contributed by atoms with Gasteiger partial charge < -0.3 is 10.1 Å². The number of anilines is 1. The van der Waals surface area contributed by atoms with E-state index in [0.29, 0.717) is 17.9 Å². The van der Waals surface area contributed by atoms with Crippen molar-refractivity contribution in [3.8, 4) is 5.75 Å². The average molecular weight is 419 g/mol. The number of rotatable bonds is 8. The summed E-state index contributed by atoms with van der Waals surface area (Å²) in [6.07, 6.45) is 8.90. The molecule has 0 aliphatic rings. The second kappa shape index (κ2) is 8.86. The fourth-order valence-corrected chi connectivity index (χ4v) is 3.27. The van der Waals surface area contributed by atoms with Gasteiger partial charge in [-0.2, -0.15) is 15.3 Å². The predicted octanol–water partition coefficient (Wildman–Crippen LogP) is 3.25. The molecule has 31 heavy (non-hydrogen) atoms. The van der Waals surface area contributed by atoms with E-state index in [9.17, 15) is 4.79 Å². The van der Waals surface area contributed by atoms with Crippen LogP contribution in [0, 0.1) is 13.8 Å². The number of carbonyl (C=O) groups excluding carboxylic acids is 1. The zero-order chi connectivity index (χ0) is 21.8. The van der Waals surface area contributed by atoms with Crippen molar-refractivity contribution in [2.75, 3.05) is 5.32 Å². The lowest BCUT2D eigenvalue weighted by atomic mass is 10.1. The zero-order valence-electron chi connectivity index (χ0n) is 17.8. The predicted molar refractivity (Wildman–Crippen MR) is 116 cm³/mol. The minimum atomic E-state index is -0.302. The SMILES string of the molecule is CCn1cc(Cn2cc(NC(=O)c3ccn(COc4cc(C)cc(C)c4)n3)cn2)cn1. The van der Waals surface area contributed by atoms with Crippen LogP contribution in [0.15, 0.2) is 55.2 Å². The summed E-state index contributed by atoms with van der Waals surface area (Å²) in [5.74, 6) is 0.472. The van der Waals surface area contributed by atoms with Crippen molar-refractivity contribution >= 4 is 11.6 Å². The number of amides is 1.